The Morgan fingerprint density at radius 1 is 1.30 bits per heavy atom. The van der Waals surface area contributed by atoms with E-state index in [0.29, 0.717) is 0 Å². The number of amidine groups is 1. The van der Waals surface area contributed by atoms with Gasteiger partial charge in [0.15, 0.2) is 9.84 Å². The molecular formula is C19H21BrF2N2O2S. The molecule has 8 heteroatoms. The Morgan fingerprint density at radius 2 is 2.00 bits per heavy atom. The summed E-state index contributed by atoms with van der Waals surface area (Å²) >= 11 is 3.42. The topological polar surface area (TPSA) is 72.5 Å². The number of sulfone groups is 1. The molecule has 1 aliphatic heterocycles. The molecule has 0 amide bonds. The lowest BCUT2D eigenvalue weighted by molar-refractivity contribution is 0.466. The van der Waals surface area contributed by atoms with Gasteiger partial charge in [-0.1, -0.05) is 33.6 Å². The van der Waals surface area contributed by atoms with Crippen molar-refractivity contribution in [1.82, 2.24) is 0 Å². The van der Waals surface area contributed by atoms with Crippen LogP contribution >= 0.6 is 15.9 Å². The fraction of sp³-hybridized carbons (Fsp3) is 0.421. The second kappa shape index (κ2) is 6.81. The molecule has 4 nitrogen and oxygen atoms in total. The summed E-state index contributed by atoms with van der Waals surface area (Å²) in [4.78, 5) is 4.41. The van der Waals surface area contributed by atoms with E-state index in [1.165, 1.54) is 13.0 Å². The third-order valence-corrected chi connectivity index (χ3v) is 8.51. The highest BCUT2D eigenvalue weighted by atomic mass is 79.9. The molecule has 2 N–H and O–H groups in total. The highest BCUT2D eigenvalue weighted by molar-refractivity contribution is 9.11. The van der Waals surface area contributed by atoms with Crippen LogP contribution in [0, 0.1) is 11.6 Å². The maximum atomic E-state index is 14.3. The number of benzene rings is 1. The summed E-state index contributed by atoms with van der Waals surface area (Å²) in [5.41, 5.74) is 5.73. The van der Waals surface area contributed by atoms with E-state index in [1.54, 1.807) is 6.92 Å². The minimum absolute atomic E-state index is 0.0139. The number of halogens is 3. The predicted molar refractivity (Wildman–Crippen MR) is 106 cm³/mol. The molecule has 0 fully saturated rings. The van der Waals surface area contributed by atoms with E-state index in [1.807, 2.05) is 12.2 Å². The van der Waals surface area contributed by atoms with E-state index in [-0.39, 0.29) is 17.8 Å². The summed E-state index contributed by atoms with van der Waals surface area (Å²) in [6.07, 6.45) is 5.73. The Kier molecular flexibility index (Phi) is 5.10. The van der Waals surface area contributed by atoms with Crippen LogP contribution in [0.5, 0.6) is 0 Å². The molecule has 1 aromatic carbocycles. The van der Waals surface area contributed by atoms with E-state index in [2.05, 4.69) is 20.9 Å². The first-order valence-electron chi connectivity index (χ1n) is 8.56. The summed E-state index contributed by atoms with van der Waals surface area (Å²) < 4.78 is 53.6. The smallest absolute Gasteiger partial charge is 0.165 e. The molecule has 0 bridgehead atoms. The summed E-state index contributed by atoms with van der Waals surface area (Å²) in [5.74, 6) is -2.02. The van der Waals surface area contributed by atoms with Crippen molar-refractivity contribution >= 4 is 31.6 Å². The van der Waals surface area contributed by atoms with Gasteiger partial charge in [-0.3, -0.25) is 4.99 Å². The average molecular weight is 459 g/mol. The van der Waals surface area contributed by atoms with Gasteiger partial charge in [-0.05, 0) is 45.3 Å². The summed E-state index contributed by atoms with van der Waals surface area (Å²) in [6, 6.07) is 3.04. The fourth-order valence-electron chi connectivity index (χ4n) is 3.66. The lowest BCUT2D eigenvalue weighted by Gasteiger charge is -2.40. The number of rotatable bonds is 3. The Hall–Kier alpha value is -1.54. The molecule has 0 aromatic heterocycles. The van der Waals surface area contributed by atoms with Crippen LogP contribution in [0.4, 0.5) is 8.78 Å². The third-order valence-electron chi connectivity index (χ3n) is 5.29. The molecule has 27 heavy (non-hydrogen) atoms. The van der Waals surface area contributed by atoms with Gasteiger partial charge >= 0.3 is 0 Å². The maximum Gasteiger partial charge on any atom is 0.165 e. The molecule has 1 heterocycles. The number of allylic oxidation sites excluding steroid dienone is 4. The lowest BCUT2D eigenvalue weighted by atomic mass is 9.90. The van der Waals surface area contributed by atoms with Gasteiger partial charge in [-0.2, -0.15) is 0 Å². The quantitative estimate of drug-likeness (QED) is 0.740. The van der Waals surface area contributed by atoms with Crippen molar-refractivity contribution in [3.8, 4) is 0 Å². The first-order chi connectivity index (χ1) is 12.5. The monoisotopic (exact) mass is 458 g/mol. The average Bonchev–Trinajstić information content (AvgIpc) is 2.52. The van der Waals surface area contributed by atoms with Gasteiger partial charge in [0, 0.05) is 16.1 Å². The van der Waals surface area contributed by atoms with Crippen molar-refractivity contribution in [3.63, 3.8) is 0 Å². The molecule has 0 saturated heterocycles. The Bertz CT molecular complexity index is 987. The van der Waals surface area contributed by atoms with Crippen LogP contribution in [-0.2, 0) is 15.4 Å². The van der Waals surface area contributed by atoms with Crippen molar-refractivity contribution in [2.24, 2.45) is 10.7 Å². The van der Waals surface area contributed by atoms with Gasteiger partial charge in [-0.25, -0.2) is 17.2 Å². The molecule has 0 saturated carbocycles. The van der Waals surface area contributed by atoms with Crippen molar-refractivity contribution in [1.29, 1.82) is 0 Å². The molecule has 1 aliphatic carbocycles. The van der Waals surface area contributed by atoms with Crippen LogP contribution in [-0.4, -0.2) is 24.8 Å². The highest BCUT2D eigenvalue weighted by Gasteiger charge is 2.52. The van der Waals surface area contributed by atoms with Gasteiger partial charge in [0.2, 0.25) is 0 Å². The minimum Gasteiger partial charge on any atom is -0.386 e. The highest BCUT2D eigenvalue weighted by Crippen LogP contribution is 2.41. The second-order valence-electron chi connectivity index (χ2n) is 7.49. The molecule has 0 spiro atoms. The molecular weight excluding hydrogens is 438 g/mol. The first-order valence-corrected chi connectivity index (χ1v) is 11.0. The summed E-state index contributed by atoms with van der Waals surface area (Å²) in [7, 11) is -3.76. The lowest BCUT2D eigenvalue weighted by Crippen LogP contribution is -2.56. The van der Waals surface area contributed by atoms with Gasteiger partial charge < -0.3 is 5.73 Å². The van der Waals surface area contributed by atoms with Gasteiger partial charge in [0.25, 0.3) is 0 Å². The summed E-state index contributed by atoms with van der Waals surface area (Å²) in [5, 5.41) is 0. The number of nitrogens with zero attached hydrogens (tertiary/aromatic N) is 1. The van der Waals surface area contributed by atoms with Crippen molar-refractivity contribution in [3.05, 3.63) is 57.6 Å². The van der Waals surface area contributed by atoms with Crippen molar-refractivity contribution < 1.29 is 17.2 Å². The normalized spacial score (nSPS) is 30.3. The molecule has 3 rings (SSSR count). The van der Waals surface area contributed by atoms with Crippen LogP contribution in [0.25, 0.3) is 0 Å². The minimum atomic E-state index is -3.76. The van der Waals surface area contributed by atoms with Gasteiger partial charge in [-0.15, -0.1) is 0 Å². The van der Waals surface area contributed by atoms with Gasteiger partial charge in [0.05, 0.1) is 5.75 Å². The Labute approximate surface area is 166 Å². The second-order valence-corrected chi connectivity index (χ2v) is 10.8. The van der Waals surface area contributed by atoms with E-state index < -0.39 is 37.5 Å². The molecule has 0 unspecified atom stereocenters. The van der Waals surface area contributed by atoms with Crippen LogP contribution < -0.4 is 5.73 Å². The number of aliphatic imine (C=N–C) groups is 1. The molecule has 1 aromatic rings. The van der Waals surface area contributed by atoms with E-state index >= 15 is 0 Å². The zero-order valence-electron chi connectivity index (χ0n) is 15.1. The number of hydrogen-bond acceptors (Lipinski definition) is 4. The molecule has 2 aliphatic rings. The van der Waals surface area contributed by atoms with E-state index in [0.717, 1.165) is 35.0 Å². The van der Waals surface area contributed by atoms with E-state index in [9.17, 15) is 17.2 Å². The predicted octanol–water partition coefficient (Wildman–Crippen LogP) is 4.11. The number of nitrogens with two attached hydrogens (primary N) is 1. The van der Waals surface area contributed by atoms with Crippen molar-refractivity contribution in [2.45, 2.75) is 43.4 Å². The van der Waals surface area contributed by atoms with E-state index in [4.69, 9.17) is 5.73 Å². The molecule has 2 atom stereocenters. The molecule has 146 valence electrons. The van der Waals surface area contributed by atoms with Crippen molar-refractivity contribution in [2.75, 3.05) is 5.75 Å². The zero-order valence-corrected chi connectivity index (χ0v) is 17.5. The third kappa shape index (κ3) is 3.61. The zero-order chi connectivity index (χ0) is 20.0. The van der Waals surface area contributed by atoms with Gasteiger partial charge in [0.1, 0.15) is 27.8 Å². The Morgan fingerprint density at radius 3 is 2.59 bits per heavy atom. The Balaban J connectivity index is 2.05. The van der Waals surface area contributed by atoms with Crippen LogP contribution in [0.2, 0.25) is 0 Å². The fourth-order valence-corrected chi connectivity index (χ4v) is 6.26. The SMILES string of the molecule is C[C@@]1(c2ccc(F)cc2F)CS(=O)(=O)[C@](C)(CC2=CC(Br)=CCC2)C(N)=N1. The van der Waals surface area contributed by atoms with Crippen LogP contribution in [0.15, 0.2) is 45.4 Å². The van der Waals surface area contributed by atoms with Crippen LogP contribution in [0.3, 0.4) is 0 Å². The largest absolute Gasteiger partial charge is 0.386 e. The standard InChI is InChI=1S/C19H21BrF2N2O2S/c1-18(15-7-6-14(21)9-16(15)22)11-27(25,26)19(2,17(23)24-18)10-12-4-3-5-13(20)8-12/h5-9H,3-4,10-11H2,1-2H3,(H2,23,24)/t18-,19+/m0/s1. The molecule has 0 radical (unpaired) electrons. The van der Waals surface area contributed by atoms with Crippen LogP contribution in [0.1, 0.15) is 38.7 Å². The first kappa shape index (κ1) is 20.2. The summed E-state index contributed by atoms with van der Waals surface area (Å²) in [6.45, 7) is 3.07. The number of hydrogen-bond donors (Lipinski definition) is 1. The maximum absolute atomic E-state index is 14.3.